The van der Waals surface area contributed by atoms with Gasteiger partial charge in [-0.15, -0.1) is 0 Å². The summed E-state index contributed by atoms with van der Waals surface area (Å²) in [5.41, 5.74) is 3.37. The Kier molecular flexibility index (Phi) is 3.79. The van der Waals surface area contributed by atoms with Crippen LogP contribution in [-0.4, -0.2) is 32.6 Å². The van der Waals surface area contributed by atoms with Gasteiger partial charge in [0.1, 0.15) is 0 Å². The van der Waals surface area contributed by atoms with Crippen molar-refractivity contribution in [2.75, 3.05) is 31.7 Å². The summed E-state index contributed by atoms with van der Waals surface area (Å²) < 4.78 is 5.13. The molecule has 1 aromatic rings. The minimum atomic E-state index is 0.141. The summed E-state index contributed by atoms with van der Waals surface area (Å²) in [5.74, 6) is 0.141. The van der Waals surface area contributed by atoms with Gasteiger partial charge in [-0.25, -0.2) is 0 Å². The lowest BCUT2D eigenvalue weighted by Crippen LogP contribution is -2.32. The Labute approximate surface area is 102 Å². The third kappa shape index (κ3) is 2.67. The second kappa shape index (κ2) is 5.32. The van der Waals surface area contributed by atoms with E-state index in [0.717, 1.165) is 38.1 Å². The van der Waals surface area contributed by atoms with Crippen LogP contribution in [0.5, 0.6) is 0 Å². The number of methoxy groups -OCH3 is 1. The molecule has 1 aliphatic heterocycles. The average molecular weight is 233 g/mol. The molecular weight excluding hydrogens is 214 g/mol. The number of nitrogens with zero attached hydrogens (tertiary/aromatic N) is 1. The van der Waals surface area contributed by atoms with Crippen LogP contribution in [0.25, 0.3) is 0 Å². The molecule has 0 aromatic heterocycles. The SMILES string of the molecule is COCCN1CCCc2cc(C(C)=O)ccc21. The van der Waals surface area contributed by atoms with Gasteiger partial charge >= 0.3 is 0 Å². The zero-order valence-corrected chi connectivity index (χ0v) is 10.5. The summed E-state index contributed by atoms with van der Waals surface area (Å²) >= 11 is 0. The van der Waals surface area contributed by atoms with Crippen LogP contribution in [0.4, 0.5) is 5.69 Å². The van der Waals surface area contributed by atoms with Crippen LogP contribution in [0.1, 0.15) is 29.3 Å². The van der Waals surface area contributed by atoms with E-state index in [4.69, 9.17) is 4.74 Å². The molecule has 17 heavy (non-hydrogen) atoms. The average Bonchev–Trinajstić information content (AvgIpc) is 2.35. The van der Waals surface area contributed by atoms with E-state index >= 15 is 0 Å². The fourth-order valence-corrected chi connectivity index (χ4v) is 2.33. The lowest BCUT2D eigenvalue weighted by Gasteiger charge is -2.31. The van der Waals surface area contributed by atoms with Crippen LogP contribution >= 0.6 is 0 Å². The lowest BCUT2D eigenvalue weighted by atomic mass is 9.98. The molecule has 3 nitrogen and oxygen atoms in total. The van der Waals surface area contributed by atoms with Crippen molar-refractivity contribution in [3.8, 4) is 0 Å². The molecule has 0 saturated carbocycles. The van der Waals surface area contributed by atoms with Crippen LogP contribution in [0.3, 0.4) is 0 Å². The Bertz CT molecular complexity index is 415. The summed E-state index contributed by atoms with van der Waals surface area (Å²) in [4.78, 5) is 13.7. The molecule has 1 aromatic carbocycles. The highest BCUT2D eigenvalue weighted by molar-refractivity contribution is 5.94. The molecule has 0 aliphatic carbocycles. The highest BCUT2D eigenvalue weighted by Crippen LogP contribution is 2.27. The van der Waals surface area contributed by atoms with E-state index in [0.29, 0.717) is 0 Å². The highest BCUT2D eigenvalue weighted by Gasteiger charge is 2.17. The molecule has 0 bridgehead atoms. The zero-order valence-electron chi connectivity index (χ0n) is 10.5. The molecule has 0 fully saturated rings. The third-order valence-corrected chi connectivity index (χ3v) is 3.27. The lowest BCUT2D eigenvalue weighted by molar-refractivity contribution is 0.101. The number of aryl methyl sites for hydroxylation is 1. The van der Waals surface area contributed by atoms with Gasteiger partial charge in [-0.2, -0.15) is 0 Å². The van der Waals surface area contributed by atoms with Crippen molar-refractivity contribution in [1.29, 1.82) is 0 Å². The van der Waals surface area contributed by atoms with Gasteiger partial charge in [0.25, 0.3) is 0 Å². The largest absolute Gasteiger partial charge is 0.383 e. The van der Waals surface area contributed by atoms with Crippen molar-refractivity contribution in [1.82, 2.24) is 0 Å². The second-order valence-corrected chi connectivity index (χ2v) is 4.48. The number of rotatable bonds is 4. The summed E-state index contributed by atoms with van der Waals surface area (Å²) in [6, 6.07) is 6.03. The van der Waals surface area contributed by atoms with E-state index in [1.165, 1.54) is 11.3 Å². The molecule has 3 heteroatoms. The Morgan fingerprint density at radius 1 is 1.47 bits per heavy atom. The number of hydrogen-bond donors (Lipinski definition) is 0. The molecular formula is C14H19NO2. The first-order chi connectivity index (χ1) is 8.22. The molecule has 1 aliphatic rings. The van der Waals surface area contributed by atoms with Crippen LogP contribution in [0, 0.1) is 0 Å². The minimum Gasteiger partial charge on any atom is -0.383 e. The first-order valence-electron chi connectivity index (χ1n) is 6.10. The van der Waals surface area contributed by atoms with E-state index < -0.39 is 0 Å². The van der Waals surface area contributed by atoms with Crippen LogP contribution in [0.2, 0.25) is 0 Å². The van der Waals surface area contributed by atoms with Crippen molar-refractivity contribution in [3.05, 3.63) is 29.3 Å². The van der Waals surface area contributed by atoms with Gasteiger partial charge in [0.15, 0.2) is 5.78 Å². The Balaban J connectivity index is 2.23. The first-order valence-corrected chi connectivity index (χ1v) is 6.10. The van der Waals surface area contributed by atoms with E-state index in [-0.39, 0.29) is 5.78 Å². The van der Waals surface area contributed by atoms with Crippen molar-refractivity contribution < 1.29 is 9.53 Å². The summed E-state index contributed by atoms with van der Waals surface area (Å²) in [6.45, 7) is 4.36. The van der Waals surface area contributed by atoms with E-state index in [2.05, 4.69) is 11.0 Å². The van der Waals surface area contributed by atoms with Gasteiger partial charge in [-0.1, -0.05) is 0 Å². The molecule has 92 valence electrons. The van der Waals surface area contributed by atoms with E-state index in [1.807, 2.05) is 12.1 Å². The maximum atomic E-state index is 11.4. The molecule has 0 radical (unpaired) electrons. The van der Waals surface area contributed by atoms with E-state index in [9.17, 15) is 4.79 Å². The second-order valence-electron chi connectivity index (χ2n) is 4.48. The number of anilines is 1. The Morgan fingerprint density at radius 3 is 3.00 bits per heavy atom. The zero-order chi connectivity index (χ0) is 12.3. The first kappa shape index (κ1) is 12.1. The van der Waals surface area contributed by atoms with Gasteiger partial charge in [-0.05, 0) is 43.5 Å². The normalized spacial score (nSPS) is 14.6. The summed E-state index contributed by atoms with van der Waals surface area (Å²) in [6.07, 6.45) is 2.22. The summed E-state index contributed by atoms with van der Waals surface area (Å²) in [7, 11) is 1.73. The van der Waals surface area contributed by atoms with Gasteiger partial charge in [0, 0.05) is 31.5 Å². The predicted molar refractivity (Wildman–Crippen MR) is 68.9 cm³/mol. The van der Waals surface area contributed by atoms with E-state index in [1.54, 1.807) is 14.0 Å². The van der Waals surface area contributed by atoms with Crippen LogP contribution < -0.4 is 4.90 Å². The molecule has 0 spiro atoms. The van der Waals surface area contributed by atoms with Crippen LogP contribution in [-0.2, 0) is 11.2 Å². The third-order valence-electron chi connectivity index (χ3n) is 3.27. The highest BCUT2D eigenvalue weighted by atomic mass is 16.5. The quantitative estimate of drug-likeness (QED) is 0.747. The topological polar surface area (TPSA) is 29.5 Å². The number of carbonyl (C=O) groups excluding carboxylic acids is 1. The monoisotopic (exact) mass is 233 g/mol. The molecule has 0 saturated heterocycles. The molecule has 0 unspecified atom stereocenters. The maximum absolute atomic E-state index is 11.4. The standard InChI is InChI=1S/C14H19NO2/c1-11(16)12-5-6-14-13(10-12)4-3-7-15(14)8-9-17-2/h5-6,10H,3-4,7-9H2,1-2H3. The van der Waals surface area contributed by atoms with Crippen molar-refractivity contribution in [3.63, 3.8) is 0 Å². The Hall–Kier alpha value is -1.35. The predicted octanol–water partition coefficient (Wildman–Crippen LogP) is 2.29. The number of fused-ring (bicyclic) bond motifs is 1. The fraction of sp³-hybridized carbons (Fsp3) is 0.500. The number of Topliss-reactive ketones (excluding diaryl/α,β-unsaturated/α-hetero) is 1. The minimum absolute atomic E-state index is 0.141. The smallest absolute Gasteiger partial charge is 0.159 e. The molecule has 1 heterocycles. The van der Waals surface area contributed by atoms with Gasteiger partial charge in [0.2, 0.25) is 0 Å². The number of carbonyl (C=O) groups is 1. The molecule has 2 rings (SSSR count). The number of hydrogen-bond acceptors (Lipinski definition) is 3. The maximum Gasteiger partial charge on any atom is 0.159 e. The van der Waals surface area contributed by atoms with Crippen molar-refractivity contribution >= 4 is 11.5 Å². The van der Waals surface area contributed by atoms with Gasteiger partial charge in [-0.3, -0.25) is 4.79 Å². The van der Waals surface area contributed by atoms with Crippen LogP contribution in [0.15, 0.2) is 18.2 Å². The number of benzene rings is 1. The van der Waals surface area contributed by atoms with Gasteiger partial charge in [0.05, 0.1) is 6.61 Å². The fourth-order valence-electron chi connectivity index (χ4n) is 2.33. The molecule has 0 amide bonds. The molecule has 0 atom stereocenters. The number of ether oxygens (including phenoxy) is 1. The molecule has 0 N–H and O–H groups in total. The summed E-state index contributed by atoms with van der Waals surface area (Å²) in [5, 5.41) is 0. The van der Waals surface area contributed by atoms with Crippen molar-refractivity contribution in [2.24, 2.45) is 0 Å². The Morgan fingerprint density at radius 2 is 2.29 bits per heavy atom. The van der Waals surface area contributed by atoms with Gasteiger partial charge < -0.3 is 9.64 Å². The number of ketones is 1. The van der Waals surface area contributed by atoms with Crippen molar-refractivity contribution in [2.45, 2.75) is 19.8 Å².